The van der Waals surface area contributed by atoms with Crippen molar-refractivity contribution in [3.8, 4) is 0 Å². The monoisotopic (exact) mass is 527 g/mol. The van der Waals surface area contributed by atoms with Crippen molar-refractivity contribution in [1.29, 1.82) is 0 Å². The fourth-order valence-electron chi connectivity index (χ4n) is 2.96. The molecule has 0 aliphatic rings. The van der Waals surface area contributed by atoms with Gasteiger partial charge in [0.2, 0.25) is 0 Å². The Morgan fingerprint density at radius 3 is 2.83 bits per heavy atom. The van der Waals surface area contributed by atoms with Crippen LogP contribution in [0.25, 0.3) is 5.65 Å². The Morgan fingerprint density at radius 1 is 1.21 bits per heavy atom. The van der Waals surface area contributed by atoms with Gasteiger partial charge in [-0.3, -0.25) is 0 Å². The average molecular weight is 527 g/mol. The lowest BCUT2D eigenvalue weighted by atomic mass is 10.1. The average Bonchev–Trinajstić information content (AvgIpc) is 3.10. The molecule has 3 rings (SSSR count). The second-order valence-corrected chi connectivity index (χ2v) is 7.28. The normalized spacial score (nSPS) is 11.3. The van der Waals surface area contributed by atoms with Gasteiger partial charge in [-0.25, -0.2) is 14.4 Å². The van der Waals surface area contributed by atoms with Crippen molar-refractivity contribution in [2.75, 3.05) is 19.3 Å². The van der Waals surface area contributed by atoms with Gasteiger partial charge in [-0.05, 0) is 48.6 Å². The number of pyridine rings is 1. The lowest BCUT2D eigenvalue weighted by Gasteiger charge is -2.12. The molecule has 5 nitrogen and oxygen atoms in total. The predicted molar refractivity (Wildman–Crippen MR) is 131 cm³/mol. The molecular formula is C21H27FIN5S. The summed E-state index contributed by atoms with van der Waals surface area (Å²) < 4.78 is 15.5. The van der Waals surface area contributed by atoms with Gasteiger partial charge in [-0.1, -0.05) is 12.1 Å². The van der Waals surface area contributed by atoms with Crippen molar-refractivity contribution in [1.82, 2.24) is 20.0 Å². The standard InChI is InChI=1S/C21H26FN5S.HI/c1-3-23-21(25-13-16-7-8-18(22)12-17(16)15-28-2)24-10-9-19-14-27-11-5-4-6-20(27)26-19;/h4-8,11-12,14H,3,9-10,13,15H2,1-2H3,(H2,23,24,25);1H. The van der Waals surface area contributed by atoms with Crippen LogP contribution >= 0.6 is 35.7 Å². The number of imidazole rings is 1. The van der Waals surface area contributed by atoms with E-state index in [-0.39, 0.29) is 29.8 Å². The topological polar surface area (TPSA) is 53.7 Å². The molecule has 0 atom stereocenters. The lowest BCUT2D eigenvalue weighted by Crippen LogP contribution is -2.38. The first-order valence-corrected chi connectivity index (χ1v) is 10.8. The van der Waals surface area contributed by atoms with Crippen LogP contribution in [-0.4, -0.2) is 34.7 Å². The minimum absolute atomic E-state index is 0. The van der Waals surface area contributed by atoms with Crippen LogP contribution < -0.4 is 10.6 Å². The first kappa shape index (κ1) is 23.5. The highest BCUT2D eigenvalue weighted by Gasteiger charge is 2.06. The first-order chi connectivity index (χ1) is 13.7. The van der Waals surface area contributed by atoms with E-state index in [1.165, 1.54) is 6.07 Å². The van der Waals surface area contributed by atoms with Gasteiger partial charge in [0.05, 0.1) is 12.2 Å². The van der Waals surface area contributed by atoms with Gasteiger partial charge in [0.15, 0.2) is 5.96 Å². The molecule has 156 valence electrons. The number of hydrogen-bond acceptors (Lipinski definition) is 3. The zero-order valence-corrected chi connectivity index (χ0v) is 19.8. The predicted octanol–water partition coefficient (Wildman–Crippen LogP) is 4.25. The molecule has 29 heavy (non-hydrogen) atoms. The van der Waals surface area contributed by atoms with Crippen molar-refractivity contribution in [3.05, 3.63) is 71.4 Å². The van der Waals surface area contributed by atoms with Crippen LogP contribution in [0.4, 0.5) is 4.39 Å². The van der Waals surface area contributed by atoms with E-state index in [1.54, 1.807) is 17.8 Å². The SMILES string of the molecule is CCNC(=NCc1ccc(F)cc1CSC)NCCc1cn2ccccc2n1.I. The summed E-state index contributed by atoms with van der Waals surface area (Å²) in [7, 11) is 0. The molecule has 8 heteroatoms. The lowest BCUT2D eigenvalue weighted by molar-refractivity contribution is 0.625. The highest BCUT2D eigenvalue weighted by Crippen LogP contribution is 2.17. The van der Waals surface area contributed by atoms with Crippen LogP contribution in [0.5, 0.6) is 0 Å². The Bertz CT molecular complexity index is 911. The second kappa shape index (κ2) is 12.0. The Hall–Kier alpha value is -1.81. The molecule has 0 saturated carbocycles. The summed E-state index contributed by atoms with van der Waals surface area (Å²) >= 11 is 1.68. The molecule has 3 aromatic rings. The van der Waals surface area contributed by atoms with Crippen LogP contribution in [0.2, 0.25) is 0 Å². The molecule has 2 heterocycles. The molecule has 0 spiro atoms. The number of fused-ring (bicyclic) bond motifs is 1. The third-order valence-corrected chi connectivity index (χ3v) is 4.91. The molecule has 0 bridgehead atoms. The van der Waals surface area contributed by atoms with Gasteiger partial charge >= 0.3 is 0 Å². The molecule has 1 aromatic carbocycles. The summed E-state index contributed by atoms with van der Waals surface area (Å²) in [6, 6.07) is 10.9. The summed E-state index contributed by atoms with van der Waals surface area (Å²) in [6.07, 6.45) is 6.87. The van der Waals surface area contributed by atoms with Crippen molar-refractivity contribution in [3.63, 3.8) is 0 Å². The van der Waals surface area contributed by atoms with Gasteiger partial charge in [0, 0.05) is 37.7 Å². The van der Waals surface area contributed by atoms with Gasteiger partial charge in [0.25, 0.3) is 0 Å². The third kappa shape index (κ3) is 6.88. The van der Waals surface area contributed by atoms with E-state index >= 15 is 0 Å². The molecule has 0 amide bonds. The quantitative estimate of drug-likeness (QED) is 0.261. The van der Waals surface area contributed by atoms with Crippen molar-refractivity contribution in [2.45, 2.75) is 25.6 Å². The number of nitrogens with zero attached hydrogens (tertiary/aromatic N) is 3. The zero-order chi connectivity index (χ0) is 19.8. The van der Waals surface area contributed by atoms with Crippen LogP contribution in [0.3, 0.4) is 0 Å². The highest BCUT2D eigenvalue weighted by molar-refractivity contribution is 14.0. The number of halogens is 2. The molecule has 0 unspecified atom stereocenters. The van der Waals surface area contributed by atoms with Crippen LogP contribution in [0.15, 0.2) is 53.8 Å². The molecule has 2 N–H and O–H groups in total. The van der Waals surface area contributed by atoms with E-state index in [4.69, 9.17) is 0 Å². The number of nitrogens with one attached hydrogen (secondary N) is 2. The summed E-state index contributed by atoms with van der Waals surface area (Å²) in [5.74, 6) is 1.33. The largest absolute Gasteiger partial charge is 0.357 e. The van der Waals surface area contributed by atoms with Gasteiger partial charge in [-0.15, -0.1) is 24.0 Å². The Labute approximate surface area is 192 Å². The van der Waals surface area contributed by atoms with Gasteiger partial charge in [0.1, 0.15) is 11.5 Å². The summed E-state index contributed by atoms with van der Waals surface area (Å²) in [5.41, 5.74) is 4.04. The highest BCUT2D eigenvalue weighted by atomic mass is 127. The second-order valence-electron chi connectivity index (χ2n) is 6.42. The fraction of sp³-hybridized carbons (Fsp3) is 0.333. The number of thioether (sulfide) groups is 1. The zero-order valence-electron chi connectivity index (χ0n) is 16.7. The Kier molecular flexibility index (Phi) is 9.72. The number of guanidine groups is 1. The van der Waals surface area contributed by atoms with Crippen molar-refractivity contribution < 1.29 is 4.39 Å². The van der Waals surface area contributed by atoms with E-state index in [0.717, 1.165) is 53.7 Å². The summed E-state index contributed by atoms with van der Waals surface area (Å²) in [6.45, 7) is 4.06. The molecule has 0 radical (unpaired) electrons. The number of aliphatic imine (C=N–C) groups is 1. The molecular weight excluding hydrogens is 500 g/mol. The van der Waals surface area contributed by atoms with Crippen LogP contribution in [0.1, 0.15) is 23.7 Å². The molecule has 0 aliphatic carbocycles. The van der Waals surface area contributed by atoms with E-state index in [1.807, 2.05) is 54.2 Å². The number of aromatic nitrogens is 2. The summed E-state index contributed by atoms with van der Waals surface area (Å²) in [5, 5.41) is 6.62. The Morgan fingerprint density at radius 2 is 2.07 bits per heavy atom. The van der Waals surface area contributed by atoms with E-state index in [9.17, 15) is 4.39 Å². The smallest absolute Gasteiger partial charge is 0.191 e. The van der Waals surface area contributed by atoms with Crippen LogP contribution in [-0.2, 0) is 18.7 Å². The van der Waals surface area contributed by atoms with Crippen molar-refractivity contribution in [2.24, 2.45) is 4.99 Å². The van der Waals surface area contributed by atoms with Gasteiger partial charge < -0.3 is 15.0 Å². The first-order valence-electron chi connectivity index (χ1n) is 9.40. The van der Waals surface area contributed by atoms with E-state index in [0.29, 0.717) is 6.54 Å². The molecule has 2 aromatic heterocycles. The minimum Gasteiger partial charge on any atom is -0.357 e. The molecule has 0 fully saturated rings. The minimum atomic E-state index is -0.200. The van der Waals surface area contributed by atoms with Crippen LogP contribution in [0, 0.1) is 5.82 Å². The maximum Gasteiger partial charge on any atom is 0.191 e. The number of rotatable bonds is 8. The summed E-state index contributed by atoms with van der Waals surface area (Å²) in [4.78, 5) is 9.28. The fourth-order valence-corrected chi connectivity index (χ4v) is 3.54. The van der Waals surface area contributed by atoms with Crippen molar-refractivity contribution >= 4 is 47.3 Å². The maximum absolute atomic E-state index is 13.5. The number of benzene rings is 1. The van der Waals surface area contributed by atoms with Gasteiger partial charge in [-0.2, -0.15) is 11.8 Å². The molecule has 0 aliphatic heterocycles. The van der Waals surface area contributed by atoms with E-state index in [2.05, 4.69) is 20.6 Å². The third-order valence-electron chi connectivity index (χ3n) is 4.31. The molecule has 0 saturated heterocycles. The Balaban J connectivity index is 0.00000300. The maximum atomic E-state index is 13.5. The number of hydrogen-bond donors (Lipinski definition) is 2. The van der Waals surface area contributed by atoms with E-state index < -0.39 is 0 Å².